The molecule has 0 saturated heterocycles. The van der Waals surface area contributed by atoms with Gasteiger partial charge in [-0.15, -0.1) is 11.3 Å². The smallest absolute Gasteiger partial charge is 0.243 e. The van der Waals surface area contributed by atoms with Crippen molar-refractivity contribution in [2.45, 2.75) is 64.5 Å². The van der Waals surface area contributed by atoms with Gasteiger partial charge >= 0.3 is 0 Å². The highest BCUT2D eigenvalue weighted by atomic mass is 32.1. The van der Waals surface area contributed by atoms with Gasteiger partial charge in [-0.1, -0.05) is 33.1 Å². The van der Waals surface area contributed by atoms with Crippen LogP contribution < -0.4 is 10.6 Å². The first-order valence-corrected chi connectivity index (χ1v) is 10.0. The van der Waals surface area contributed by atoms with E-state index in [9.17, 15) is 4.79 Å². The van der Waals surface area contributed by atoms with Crippen molar-refractivity contribution in [3.05, 3.63) is 16.1 Å². The molecule has 1 aromatic rings. The summed E-state index contributed by atoms with van der Waals surface area (Å²) in [5.74, 6) is 1.15. The van der Waals surface area contributed by atoms with E-state index >= 15 is 0 Å². The Morgan fingerprint density at radius 3 is 2.68 bits per heavy atom. The van der Waals surface area contributed by atoms with Gasteiger partial charge in [-0.2, -0.15) is 0 Å². The summed E-state index contributed by atoms with van der Waals surface area (Å²) in [7, 11) is 3.51. The highest BCUT2D eigenvalue weighted by Gasteiger charge is 2.15. The molecule has 0 unspecified atom stereocenters. The predicted octanol–water partition coefficient (Wildman–Crippen LogP) is 2.72. The predicted molar refractivity (Wildman–Crippen MR) is 104 cm³/mol. The van der Waals surface area contributed by atoms with Gasteiger partial charge in [0, 0.05) is 25.5 Å². The third kappa shape index (κ3) is 6.65. The minimum absolute atomic E-state index is 0.00101. The highest BCUT2D eigenvalue weighted by molar-refractivity contribution is 7.09. The molecule has 0 aromatic carbocycles. The zero-order valence-electron chi connectivity index (χ0n) is 15.8. The summed E-state index contributed by atoms with van der Waals surface area (Å²) < 4.78 is 0. The van der Waals surface area contributed by atoms with Gasteiger partial charge in [-0.3, -0.25) is 4.79 Å². The maximum atomic E-state index is 11.8. The molecule has 7 heteroatoms. The number of nitrogens with zero attached hydrogens (tertiary/aromatic N) is 3. The van der Waals surface area contributed by atoms with Crippen molar-refractivity contribution in [1.82, 2.24) is 20.5 Å². The molecule has 25 heavy (non-hydrogen) atoms. The van der Waals surface area contributed by atoms with Crippen molar-refractivity contribution in [3.8, 4) is 0 Å². The van der Waals surface area contributed by atoms with Gasteiger partial charge in [-0.25, -0.2) is 9.98 Å². The molecule has 0 atom stereocenters. The Morgan fingerprint density at radius 1 is 1.36 bits per heavy atom. The summed E-state index contributed by atoms with van der Waals surface area (Å²) in [5.41, 5.74) is 1.13. The summed E-state index contributed by atoms with van der Waals surface area (Å²) in [4.78, 5) is 22.5. The van der Waals surface area contributed by atoms with Crippen LogP contribution in [0.5, 0.6) is 0 Å². The number of hydrogen-bond acceptors (Lipinski definition) is 4. The van der Waals surface area contributed by atoms with Crippen LogP contribution in [0, 0.1) is 0 Å². The fraction of sp³-hybridized carbons (Fsp3) is 0.722. The van der Waals surface area contributed by atoms with E-state index in [0.29, 0.717) is 24.5 Å². The summed E-state index contributed by atoms with van der Waals surface area (Å²) in [5, 5.41) is 10.00. The van der Waals surface area contributed by atoms with Crippen molar-refractivity contribution in [2.24, 2.45) is 4.99 Å². The van der Waals surface area contributed by atoms with Gasteiger partial charge < -0.3 is 15.5 Å². The Labute approximate surface area is 155 Å². The molecular formula is C18H31N5OS. The molecule has 1 heterocycles. The number of thiazole rings is 1. The molecule has 1 aliphatic rings. The monoisotopic (exact) mass is 365 g/mol. The minimum atomic E-state index is 0.00101. The first-order valence-electron chi connectivity index (χ1n) is 9.15. The molecule has 1 aromatic heterocycles. The van der Waals surface area contributed by atoms with E-state index in [1.54, 1.807) is 30.3 Å². The number of nitrogens with one attached hydrogen (secondary N) is 2. The van der Waals surface area contributed by atoms with E-state index < -0.39 is 0 Å². The number of aliphatic imine (C=N–C) groups is 1. The number of carbonyl (C=O) groups excluding carboxylic acids is 1. The molecule has 140 valence electrons. The van der Waals surface area contributed by atoms with Crippen molar-refractivity contribution in [1.29, 1.82) is 0 Å². The second kappa shape index (κ2) is 9.75. The van der Waals surface area contributed by atoms with Gasteiger partial charge in [0.1, 0.15) is 11.6 Å². The van der Waals surface area contributed by atoms with Crippen molar-refractivity contribution in [3.63, 3.8) is 0 Å². The summed E-state index contributed by atoms with van der Waals surface area (Å²) in [6, 6.07) is 0.442. The third-order valence-corrected chi connectivity index (χ3v) is 5.25. The Hall–Kier alpha value is -1.63. The van der Waals surface area contributed by atoms with Crippen molar-refractivity contribution < 1.29 is 4.79 Å². The van der Waals surface area contributed by atoms with E-state index in [0.717, 1.165) is 23.5 Å². The zero-order chi connectivity index (χ0) is 18.2. The van der Waals surface area contributed by atoms with Crippen LogP contribution in [0.4, 0.5) is 0 Å². The Morgan fingerprint density at radius 2 is 2.08 bits per heavy atom. The van der Waals surface area contributed by atoms with Crippen LogP contribution >= 0.6 is 11.3 Å². The van der Waals surface area contributed by atoms with Gasteiger partial charge in [0.15, 0.2) is 5.96 Å². The van der Waals surface area contributed by atoms with Crippen LogP contribution in [0.3, 0.4) is 0 Å². The van der Waals surface area contributed by atoms with E-state index in [1.807, 2.05) is 0 Å². The standard InChI is InChI=1S/C18H31N5OS/c1-13(2)15-12-25-16(22-15)10-19-18(20-11-17(24)23(3)4)21-14-8-6-5-7-9-14/h12-14H,5-11H2,1-4H3,(H2,19,20,21). The van der Waals surface area contributed by atoms with E-state index in [-0.39, 0.29) is 12.5 Å². The number of hydrogen-bond donors (Lipinski definition) is 2. The molecule has 1 aliphatic carbocycles. The first-order chi connectivity index (χ1) is 12.0. The summed E-state index contributed by atoms with van der Waals surface area (Å²) in [6.07, 6.45) is 6.15. The Kier molecular flexibility index (Phi) is 7.68. The molecule has 6 nitrogen and oxygen atoms in total. The number of guanidine groups is 1. The molecule has 0 bridgehead atoms. The topological polar surface area (TPSA) is 69.6 Å². The van der Waals surface area contributed by atoms with Crippen molar-refractivity contribution >= 4 is 23.2 Å². The number of aromatic nitrogens is 1. The van der Waals surface area contributed by atoms with Crippen LogP contribution in [0.25, 0.3) is 0 Å². The molecule has 0 spiro atoms. The SMILES string of the molecule is CC(C)c1csc(CNC(=NCC(=O)N(C)C)NC2CCCCC2)n1. The normalized spacial score (nSPS) is 16.1. The van der Waals surface area contributed by atoms with Crippen LogP contribution in [0.2, 0.25) is 0 Å². The molecule has 1 saturated carbocycles. The van der Waals surface area contributed by atoms with Crippen LogP contribution in [0.1, 0.15) is 62.6 Å². The fourth-order valence-electron chi connectivity index (χ4n) is 2.71. The van der Waals surface area contributed by atoms with Crippen molar-refractivity contribution in [2.75, 3.05) is 20.6 Å². The number of rotatable bonds is 6. The zero-order valence-corrected chi connectivity index (χ0v) is 16.7. The second-order valence-corrected chi connectivity index (χ2v) is 8.05. The van der Waals surface area contributed by atoms with Crippen LogP contribution in [-0.4, -0.2) is 48.4 Å². The molecule has 0 radical (unpaired) electrons. The van der Waals surface area contributed by atoms with E-state index in [2.05, 4.69) is 39.8 Å². The molecule has 1 amide bonds. The quantitative estimate of drug-likeness (QED) is 0.601. The molecular weight excluding hydrogens is 334 g/mol. The fourth-order valence-corrected chi connectivity index (χ4v) is 3.61. The lowest BCUT2D eigenvalue weighted by Crippen LogP contribution is -2.44. The first kappa shape index (κ1) is 19.7. The summed E-state index contributed by atoms with van der Waals surface area (Å²) in [6.45, 7) is 5.09. The van der Waals surface area contributed by atoms with Crippen LogP contribution in [-0.2, 0) is 11.3 Å². The average Bonchev–Trinajstić information content (AvgIpc) is 3.07. The number of amides is 1. The lowest BCUT2D eigenvalue weighted by Gasteiger charge is -2.25. The van der Waals surface area contributed by atoms with Crippen LogP contribution in [0.15, 0.2) is 10.4 Å². The Bertz CT molecular complexity index is 576. The maximum Gasteiger partial charge on any atom is 0.243 e. The lowest BCUT2D eigenvalue weighted by atomic mass is 9.96. The van der Waals surface area contributed by atoms with Gasteiger partial charge in [0.25, 0.3) is 0 Å². The van der Waals surface area contributed by atoms with Gasteiger partial charge in [-0.05, 0) is 18.8 Å². The van der Waals surface area contributed by atoms with Gasteiger partial charge in [0.2, 0.25) is 5.91 Å². The molecule has 2 rings (SSSR count). The number of carbonyl (C=O) groups is 1. The Balaban J connectivity index is 1.96. The van der Waals surface area contributed by atoms with Gasteiger partial charge in [0.05, 0.1) is 12.2 Å². The van der Waals surface area contributed by atoms with E-state index in [1.165, 1.54) is 19.3 Å². The second-order valence-electron chi connectivity index (χ2n) is 7.11. The molecule has 2 N–H and O–H groups in total. The maximum absolute atomic E-state index is 11.8. The average molecular weight is 366 g/mol. The minimum Gasteiger partial charge on any atom is -0.354 e. The summed E-state index contributed by atoms with van der Waals surface area (Å²) >= 11 is 1.66. The third-order valence-electron chi connectivity index (χ3n) is 4.39. The molecule has 0 aliphatic heterocycles. The lowest BCUT2D eigenvalue weighted by molar-refractivity contribution is -0.127. The highest BCUT2D eigenvalue weighted by Crippen LogP contribution is 2.18. The molecule has 1 fully saturated rings. The van der Waals surface area contributed by atoms with E-state index in [4.69, 9.17) is 0 Å². The number of likely N-dealkylation sites (N-methyl/N-ethyl adjacent to an activating group) is 1. The largest absolute Gasteiger partial charge is 0.354 e.